The SMILES string of the molecule is C#CCNC(=O)C[C@@H]1CCN(C(=O)Nc2cccc(C(=O)OCC)c2)C[C@H]1CC. The van der Waals surface area contributed by atoms with Gasteiger partial charge in [0.1, 0.15) is 0 Å². The minimum atomic E-state index is -0.418. The Kier molecular flexibility index (Phi) is 8.53. The minimum absolute atomic E-state index is 0.0416. The second-order valence-electron chi connectivity index (χ2n) is 7.08. The summed E-state index contributed by atoms with van der Waals surface area (Å²) in [7, 11) is 0. The highest BCUT2D eigenvalue weighted by Crippen LogP contribution is 2.29. The van der Waals surface area contributed by atoms with E-state index in [1.165, 1.54) is 0 Å². The lowest BCUT2D eigenvalue weighted by molar-refractivity contribution is -0.122. The molecule has 0 aromatic heterocycles. The Balaban J connectivity index is 1.94. The van der Waals surface area contributed by atoms with Crippen LogP contribution in [-0.4, -0.2) is 49.0 Å². The molecule has 0 aliphatic carbocycles. The molecular weight excluding hydrogens is 370 g/mol. The van der Waals surface area contributed by atoms with Crippen molar-refractivity contribution in [3.05, 3.63) is 29.8 Å². The average molecular weight is 399 g/mol. The van der Waals surface area contributed by atoms with Crippen molar-refractivity contribution in [3.8, 4) is 12.3 Å². The summed E-state index contributed by atoms with van der Waals surface area (Å²) in [5, 5.41) is 5.56. The van der Waals surface area contributed by atoms with E-state index in [2.05, 4.69) is 23.5 Å². The number of hydrogen-bond donors (Lipinski definition) is 2. The molecule has 0 bridgehead atoms. The van der Waals surface area contributed by atoms with Crippen molar-refractivity contribution < 1.29 is 19.1 Å². The topological polar surface area (TPSA) is 87.7 Å². The predicted molar refractivity (Wildman–Crippen MR) is 111 cm³/mol. The number of hydrogen-bond acceptors (Lipinski definition) is 4. The standard InChI is InChI=1S/C22H29N3O4/c1-4-11-23-20(26)14-17-10-12-25(15-16(17)5-2)22(28)24-19-9-7-8-18(13-19)21(27)29-6-3/h1,7-9,13,16-17H,5-6,10-12,14-15H2,2-3H3,(H,23,26)(H,24,28)/t16-,17+/m1/s1. The summed E-state index contributed by atoms with van der Waals surface area (Å²) >= 11 is 0. The van der Waals surface area contributed by atoms with E-state index < -0.39 is 5.97 Å². The van der Waals surface area contributed by atoms with E-state index in [1.54, 1.807) is 36.1 Å². The number of urea groups is 1. The van der Waals surface area contributed by atoms with Crippen molar-refractivity contribution in [1.29, 1.82) is 0 Å². The number of esters is 1. The van der Waals surface area contributed by atoms with Crippen LogP contribution in [0.5, 0.6) is 0 Å². The summed E-state index contributed by atoms with van der Waals surface area (Å²) in [4.78, 5) is 38.3. The van der Waals surface area contributed by atoms with Crippen molar-refractivity contribution in [2.75, 3.05) is 31.6 Å². The lowest BCUT2D eigenvalue weighted by Crippen LogP contribution is -2.46. The van der Waals surface area contributed by atoms with Crippen LogP contribution in [0.4, 0.5) is 10.5 Å². The molecule has 2 N–H and O–H groups in total. The molecule has 3 amide bonds. The first-order valence-electron chi connectivity index (χ1n) is 10.0. The number of anilines is 1. The first-order valence-corrected chi connectivity index (χ1v) is 10.0. The molecule has 1 heterocycles. The molecular formula is C22H29N3O4. The third-order valence-corrected chi connectivity index (χ3v) is 5.16. The third kappa shape index (κ3) is 6.53. The zero-order chi connectivity index (χ0) is 21.2. The molecule has 7 heteroatoms. The second kappa shape index (κ2) is 11.1. The number of piperidine rings is 1. The highest BCUT2D eigenvalue weighted by molar-refractivity contribution is 5.94. The molecule has 1 aromatic carbocycles. The largest absolute Gasteiger partial charge is 0.462 e. The van der Waals surface area contributed by atoms with E-state index in [0.717, 1.165) is 12.8 Å². The van der Waals surface area contributed by atoms with Crippen LogP contribution in [0.25, 0.3) is 0 Å². The number of likely N-dealkylation sites (tertiary alicyclic amines) is 1. The van der Waals surface area contributed by atoms with E-state index in [1.807, 2.05) is 0 Å². The molecule has 1 aliphatic rings. The van der Waals surface area contributed by atoms with Gasteiger partial charge in [0.15, 0.2) is 0 Å². The monoisotopic (exact) mass is 399 g/mol. The van der Waals surface area contributed by atoms with Gasteiger partial charge in [0, 0.05) is 25.2 Å². The van der Waals surface area contributed by atoms with Gasteiger partial charge in [0.2, 0.25) is 5.91 Å². The number of ether oxygens (including phenoxy) is 1. The molecule has 0 saturated carbocycles. The van der Waals surface area contributed by atoms with Crippen molar-refractivity contribution in [2.24, 2.45) is 11.8 Å². The molecule has 7 nitrogen and oxygen atoms in total. The number of rotatable bonds is 7. The van der Waals surface area contributed by atoms with Crippen LogP contribution in [0.2, 0.25) is 0 Å². The smallest absolute Gasteiger partial charge is 0.338 e. The summed E-state index contributed by atoms with van der Waals surface area (Å²) in [6, 6.07) is 6.49. The predicted octanol–water partition coefficient (Wildman–Crippen LogP) is 2.88. The summed E-state index contributed by atoms with van der Waals surface area (Å²) in [5.41, 5.74) is 0.942. The summed E-state index contributed by atoms with van der Waals surface area (Å²) in [6.45, 7) is 5.52. The molecule has 1 aromatic rings. The maximum absolute atomic E-state index is 12.7. The van der Waals surface area contributed by atoms with E-state index in [9.17, 15) is 14.4 Å². The van der Waals surface area contributed by atoms with Crippen LogP contribution in [0, 0.1) is 24.2 Å². The molecule has 2 rings (SSSR count). The van der Waals surface area contributed by atoms with Gasteiger partial charge in [-0.3, -0.25) is 4.79 Å². The number of terminal acetylenes is 1. The molecule has 29 heavy (non-hydrogen) atoms. The van der Waals surface area contributed by atoms with E-state index in [-0.39, 0.29) is 30.3 Å². The highest BCUT2D eigenvalue weighted by atomic mass is 16.5. The van der Waals surface area contributed by atoms with Gasteiger partial charge in [-0.25, -0.2) is 9.59 Å². The van der Waals surface area contributed by atoms with Gasteiger partial charge in [-0.2, -0.15) is 0 Å². The van der Waals surface area contributed by atoms with Gasteiger partial charge >= 0.3 is 12.0 Å². The normalized spacial score (nSPS) is 18.4. The van der Waals surface area contributed by atoms with E-state index >= 15 is 0 Å². The molecule has 156 valence electrons. The second-order valence-corrected chi connectivity index (χ2v) is 7.08. The summed E-state index contributed by atoms with van der Waals surface area (Å²) < 4.78 is 5.00. The fourth-order valence-corrected chi connectivity index (χ4v) is 3.60. The Morgan fingerprint density at radius 1 is 1.28 bits per heavy atom. The number of carbonyl (C=O) groups is 3. The lowest BCUT2D eigenvalue weighted by Gasteiger charge is -2.38. The van der Waals surface area contributed by atoms with Gasteiger partial charge in [0.25, 0.3) is 0 Å². The van der Waals surface area contributed by atoms with Crippen molar-refractivity contribution >= 4 is 23.6 Å². The molecule has 0 spiro atoms. The van der Waals surface area contributed by atoms with Crippen molar-refractivity contribution in [3.63, 3.8) is 0 Å². The number of benzene rings is 1. The Bertz CT molecular complexity index is 772. The van der Waals surface area contributed by atoms with Crippen LogP contribution in [0.15, 0.2) is 24.3 Å². The molecule has 1 fully saturated rings. The average Bonchev–Trinajstić information content (AvgIpc) is 2.72. The van der Waals surface area contributed by atoms with Crippen LogP contribution in [-0.2, 0) is 9.53 Å². The van der Waals surface area contributed by atoms with Gasteiger partial charge < -0.3 is 20.3 Å². The van der Waals surface area contributed by atoms with Gasteiger partial charge in [0.05, 0.1) is 18.7 Å². The van der Waals surface area contributed by atoms with Gasteiger partial charge in [-0.05, 0) is 43.4 Å². The van der Waals surface area contributed by atoms with Crippen LogP contribution < -0.4 is 10.6 Å². The first-order chi connectivity index (χ1) is 14.0. The van der Waals surface area contributed by atoms with Gasteiger partial charge in [-0.15, -0.1) is 6.42 Å². The molecule has 0 unspecified atom stereocenters. The molecule has 2 atom stereocenters. The van der Waals surface area contributed by atoms with E-state index in [4.69, 9.17) is 11.2 Å². The van der Waals surface area contributed by atoms with Crippen LogP contribution >= 0.6 is 0 Å². The first kappa shape index (κ1) is 22.3. The summed E-state index contributed by atoms with van der Waals surface area (Å²) in [5.74, 6) is 2.42. The number of amides is 3. The summed E-state index contributed by atoms with van der Waals surface area (Å²) in [6.07, 6.45) is 7.25. The quantitative estimate of drug-likeness (QED) is 0.545. The maximum atomic E-state index is 12.7. The molecule has 1 aliphatic heterocycles. The Morgan fingerprint density at radius 3 is 2.76 bits per heavy atom. The number of nitrogens with one attached hydrogen (secondary N) is 2. The number of carbonyl (C=O) groups excluding carboxylic acids is 3. The zero-order valence-corrected chi connectivity index (χ0v) is 17.1. The third-order valence-electron chi connectivity index (χ3n) is 5.16. The minimum Gasteiger partial charge on any atom is -0.462 e. The number of nitrogens with zero attached hydrogens (tertiary/aromatic N) is 1. The van der Waals surface area contributed by atoms with Crippen LogP contribution in [0.3, 0.4) is 0 Å². The fraction of sp³-hybridized carbons (Fsp3) is 0.500. The maximum Gasteiger partial charge on any atom is 0.338 e. The fourth-order valence-electron chi connectivity index (χ4n) is 3.60. The Hall–Kier alpha value is -3.01. The van der Waals surface area contributed by atoms with Crippen molar-refractivity contribution in [2.45, 2.75) is 33.1 Å². The van der Waals surface area contributed by atoms with Crippen molar-refractivity contribution in [1.82, 2.24) is 10.2 Å². The lowest BCUT2D eigenvalue weighted by atomic mass is 9.81. The molecule has 0 radical (unpaired) electrons. The highest BCUT2D eigenvalue weighted by Gasteiger charge is 2.31. The molecule has 1 saturated heterocycles. The van der Waals surface area contributed by atoms with Crippen LogP contribution in [0.1, 0.15) is 43.5 Å². The Labute approximate surface area is 172 Å². The Morgan fingerprint density at radius 2 is 2.07 bits per heavy atom. The van der Waals surface area contributed by atoms with Gasteiger partial charge in [-0.1, -0.05) is 25.3 Å². The van der Waals surface area contributed by atoms with E-state index in [0.29, 0.717) is 37.4 Å². The zero-order valence-electron chi connectivity index (χ0n) is 17.1.